The van der Waals surface area contributed by atoms with Gasteiger partial charge in [0.1, 0.15) is 18.2 Å². The van der Waals surface area contributed by atoms with Crippen molar-refractivity contribution in [2.45, 2.75) is 25.7 Å². The molecule has 0 radical (unpaired) electrons. The fourth-order valence-electron chi connectivity index (χ4n) is 2.04. The number of carbonyl (C=O) groups excluding carboxylic acids is 1. The zero-order valence-corrected chi connectivity index (χ0v) is 12.3. The third-order valence-corrected chi connectivity index (χ3v) is 3.22. The fourth-order valence-corrected chi connectivity index (χ4v) is 2.04. The molecule has 0 unspecified atom stereocenters. The van der Waals surface area contributed by atoms with Crippen LogP contribution in [0.3, 0.4) is 0 Å². The highest BCUT2D eigenvalue weighted by Crippen LogP contribution is 2.18. The Labute approximate surface area is 130 Å². The Morgan fingerprint density at radius 2 is 1.91 bits per heavy atom. The van der Waals surface area contributed by atoms with Crippen LogP contribution in [0.1, 0.15) is 11.4 Å². The summed E-state index contributed by atoms with van der Waals surface area (Å²) in [7, 11) is 1.48. The van der Waals surface area contributed by atoms with Crippen molar-refractivity contribution in [3.8, 4) is 0 Å². The molecule has 0 N–H and O–H groups in total. The Balaban J connectivity index is 1.99. The Morgan fingerprint density at radius 3 is 2.52 bits per heavy atom. The van der Waals surface area contributed by atoms with Crippen LogP contribution in [0.25, 0.3) is 0 Å². The molecule has 1 aromatic heterocycles. The van der Waals surface area contributed by atoms with E-state index in [4.69, 9.17) is 0 Å². The number of carbonyl (C=O) groups is 1. The van der Waals surface area contributed by atoms with Crippen molar-refractivity contribution in [1.29, 1.82) is 0 Å². The number of alkyl halides is 3. The first-order valence-corrected chi connectivity index (χ1v) is 6.80. The first kappa shape index (κ1) is 17.0. The van der Waals surface area contributed by atoms with Crippen molar-refractivity contribution < 1.29 is 22.4 Å². The van der Waals surface area contributed by atoms with Gasteiger partial charge in [0.05, 0.1) is 13.0 Å². The van der Waals surface area contributed by atoms with Crippen LogP contribution in [0.5, 0.6) is 0 Å². The number of benzene rings is 1. The normalized spacial score (nSPS) is 11.5. The van der Waals surface area contributed by atoms with Crippen molar-refractivity contribution in [2.75, 3.05) is 7.05 Å². The van der Waals surface area contributed by atoms with Crippen molar-refractivity contribution in [1.82, 2.24) is 14.5 Å². The summed E-state index contributed by atoms with van der Waals surface area (Å²) in [6.07, 6.45) is -1.83. The molecule has 2 rings (SSSR count). The molecule has 8 heteroatoms. The summed E-state index contributed by atoms with van der Waals surface area (Å²) in [5.41, 5.74) is 0.627. The second-order valence-corrected chi connectivity index (χ2v) is 5.14. The number of likely N-dealkylation sites (N-methyl/N-ethyl adjacent to an activating group) is 1. The summed E-state index contributed by atoms with van der Waals surface area (Å²) < 4.78 is 51.1. The maximum atomic E-state index is 12.8. The Kier molecular flexibility index (Phi) is 5.02. The lowest BCUT2D eigenvalue weighted by Gasteiger charge is -2.18. The van der Waals surface area contributed by atoms with Gasteiger partial charge in [-0.25, -0.2) is 9.37 Å². The fraction of sp³-hybridized carbons (Fsp3) is 0.333. The molecule has 0 spiro atoms. The SMILES string of the molecule is CN(Cc1nccn1CC(F)(F)F)C(=O)Cc1ccc(F)cc1. The van der Waals surface area contributed by atoms with Gasteiger partial charge in [0, 0.05) is 19.4 Å². The highest BCUT2D eigenvalue weighted by Gasteiger charge is 2.29. The second-order valence-electron chi connectivity index (χ2n) is 5.14. The number of hydrogen-bond acceptors (Lipinski definition) is 2. The van der Waals surface area contributed by atoms with E-state index in [1.165, 1.54) is 48.6 Å². The van der Waals surface area contributed by atoms with Crippen molar-refractivity contribution >= 4 is 5.91 Å². The van der Waals surface area contributed by atoms with E-state index >= 15 is 0 Å². The Hall–Kier alpha value is -2.38. The van der Waals surface area contributed by atoms with E-state index in [0.717, 1.165) is 4.57 Å². The van der Waals surface area contributed by atoms with E-state index in [2.05, 4.69) is 4.98 Å². The molecule has 23 heavy (non-hydrogen) atoms. The summed E-state index contributed by atoms with van der Waals surface area (Å²) in [5, 5.41) is 0. The molecule has 0 atom stereocenters. The summed E-state index contributed by atoms with van der Waals surface area (Å²) >= 11 is 0. The number of aromatic nitrogens is 2. The van der Waals surface area contributed by atoms with E-state index in [9.17, 15) is 22.4 Å². The summed E-state index contributed by atoms with van der Waals surface area (Å²) in [6.45, 7) is -1.19. The molecule has 0 fully saturated rings. The number of rotatable bonds is 5. The lowest BCUT2D eigenvalue weighted by Crippen LogP contribution is -2.30. The highest BCUT2D eigenvalue weighted by atomic mass is 19.4. The third-order valence-electron chi connectivity index (χ3n) is 3.22. The van der Waals surface area contributed by atoms with E-state index in [1.807, 2.05) is 0 Å². The minimum Gasteiger partial charge on any atom is -0.338 e. The monoisotopic (exact) mass is 329 g/mol. The molecule has 1 amide bonds. The van der Waals surface area contributed by atoms with Crippen LogP contribution >= 0.6 is 0 Å². The Bertz CT molecular complexity index is 664. The van der Waals surface area contributed by atoms with Crippen LogP contribution in [0.2, 0.25) is 0 Å². The molecule has 124 valence electrons. The van der Waals surface area contributed by atoms with Gasteiger partial charge in [-0.15, -0.1) is 0 Å². The van der Waals surface area contributed by atoms with Gasteiger partial charge in [0.25, 0.3) is 0 Å². The number of hydrogen-bond donors (Lipinski definition) is 0. The standard InChI is InChI=1S/C15H15F4N3O/c1-21(14(23)8-11-2-4-12(16)5-3-11)9-13-20-6-7-22(13)10-15(17,18)19/h2-7H,8-10H2,1H3. The number of amides is 1. The van der Waals surface area contributed by atoms with Crippen molar-refractivity contribution in [2.24, 2.45) is 0 Å². The lowest BCUT2D eigenvalue weighted by atomic mass is 10.1. The van der Waals surface area contributed by atoms with E-state index in [0.29, 0.717) is 5.56 Å². The minimum absolute atomic E-state index is 0.0385. The second kappa shape index (κ2) is 6.80. The summed E-state index contributed by atoms with van der Waals surface area (Å²) in [5.74, 6) is -0.542. The largest absolute Gasteiger partial charge is 0.406 e. The maximum Gasteiger partial charge on any atom is 0.406 e. The smallest absolute Gasteiger partial charge is 0.338 e. The first-order chi connectivity index (χ1) is 10.7. The average molecular weight is 329 g/mol. The van der Waals surface area contributed by atoms with Crippen molar-refractivity contribution in [3.05, 3.63) is 53.9 Å². The predicted octanol–water partition coefficient (Wildman–Crippen LogP) is 2.79. The van der Waals surface area contributed by atoms with Crippen LogP contribution in [-0.4, -0.2) is 33.6 Å². The van der Waals surface area contributed by atoms with Gasteiger partial charge in [-0.2, -0.15) is 13.2 Å². The molecule has 0 bridgehead atoms. The zero-order valence-electron chi connectivity index (χ0n) is 12.3. The minimum atomic E-state index is -4.36. The van der Waals surface area contributed by atoms with Crippen LogP contribution in [0.15, 0.2) is 36.7 Å². The van der Waals surface area contributed by atoms with E-state index in [-0.39, 0.29) is 24.7 Å². The molecule has 0 aliphatic carbocycles. The van der Waals surface area contributed by atoms with Gasteiger partial charge in [-0.1, -0.05) is 12.1 Å². The number of nitrogens with zero attached hydrogens (tertiary/aromatic N) is 3. The molecule has 4 nitrogen and oxygen atoms in total. The number of imidazole rings is 1. The zero-order chi connectivity index (χ0) is 17.0. The van der Waals surface area contributed by atoms with Gasteiger partial charge in [0.15, 0.2) is 0 Å². The third kappa shape index (κ3) is 5.08. The lowest BCUT2D eigenvalue weighted by molar-refractivity contribution is -0.141. The quantitative estimate of drug-likeness (QED) is 0.791. The van der Waals surface area contributed by atoms with E-state index < -0.39 is 18.5 Å². The molecule has 0 saturated heterocycles. The molecule has 2 aromatic rings. The molecule has 1 aromatic carbocycles. The number of halogens is 4. The van der Waals surface area contributed by atoms with Gasteiger partial charge in [-0.05, 0) is 17.7 Å². The topological polar surface area (TPSA) is 38.1 Å². The molecule has 1 heterocycles. The van der Waals surface area contributed by atoms with Crippen molar-refractivity contribution in [3.63, 3.8) is 0 Å². The summed E-state index contributed by atoms with van der Waals surface area (Å²) in [4.78, 5) is 17.2. The molecular formula is C15H15F4N3O. The highest BCUT2D eigenvalue weighted by molar-refractivity contribution is 5.78. The van der Waals surface area contributed by atoms with Gasteiger partial charge < -0.3 is 9.47 Å². The predicted molar refractivity (Wildman–Crippen MR) is 74.9 cm³/mol. The molecular weight excluding hydrogens is 314 g/mol. The van der Waals surface area contributed by atoms with Crippen LogP contribution in [0, 0.1) is 5.82 Å². The van der Waals surface area contributed by atoms with Crippen LogP contribution in [0.4, 0.5) is 17.6 Å². The van der Waals surface area contributed by atoms with Crippen LogP contribution < -0.4 is 0 Å². The molecule has 0 aliphatic heterocycles. The van der Waals surface area contributed by atoms with Gasteiger partial charge >= 0.3 is 6.18 Å². The van der Waals surface area contributed by atoms with E-state index in [1.54, 1.807) is 0 Å². The van der Waals surface area contributed by atoms with Gasteiger partial charge in [-0.3, -0.25) is 4.79 Å². The molecule has 0 saturated carbocycles. The first-order valence-electron chi connectivity index (χ1n) is 6.80. The molecule has 0 aliphatic rings. The Morgan fingerprint density at radius 1 is 1.26 bits per heavy atom. The maximum absolute atomic E-state index is 12.8. The van der Waals surface area contributed by atoms with Gasteiger partial charge in [0.2, 0.25) is 5.91 Å². The average Bonchev–Trinajstić information content (AvgIpc) is 2.86. The van der Waals surface area contributed by atoms with Crippen LogP contribution in [-0.2, 0) is 24.3 Å². The summed E-state index contributed by atoms with van der Waals surface area (Å²) in [6, 6.07) is 5.48.